The van der Waals surface area contributed by atoms with Crippen LogP contribution in [0.3, 0.4) is 0 Å². The van der Waals surface area contributed by atoms with Gasteiger partial charge < -0.3 is 10.2 Å². The summed E-state index contributed by atoms with van der Waals surface area (Å²) in [5.74, 6) is -5.23. The van der Waals surface area contributed by atoms with Crippen LogP contribution in [-0.4, -0.2) is 40.5 Å². The van der Waals surface area contributed by atoms with E-state index in [4.69, 9.17) is 5.41 Å². The lowest BCUT2D eigenvalue weighted by Gasteiger charge is -2.39. The van der Waals surface area contributed by atoms with Gasteiger partial charge in [-0.2, -0.15) is 0 Å². The van der Waals surface area contributed by atoms with E-state index in [9.17, 15) is 22.4 Å². The third-order valence-corrected chi connectivity index (χ3v) is 4.21. The lowest BCUT2D eigenvalue weighted by molar-refractivity contribution is -0.114. The molecule has 0 amide bonds. The Morgan fingerprint density at radius 1 is 1.28 bits per heavy atom. The Labute approximate surface area is 163 Å². The smallest absolute Gasteiger partial charge is 0.282 e. The quantitative estimate of drug-likeness (QED) is 0.419. The number of nitrogens with one attached hydrogen (secondary N) is 2. The summed E-state index contributed by atoms with van der Waals surface area (Å²) >= 11 is 0. The zero-order valence-electron chi connectivity index (χ0n) is 15.3. The van der Waals surface area contributed by atoms with Gasteiger partial charge in [-0.25, -0.2) is 27.5 Å². The summed E-state index contributed by atoms with van der Waals surface area (Å²) in [6.45, 7) is -0.0881. The summed E-state index contributed by atoms with van der Waals surface area (Å²) in [6.07, 6.45) is 1.92. The Bertz CT molecular complexity index is 984. The van der Waals surface area contributed by atoms with E-state index < -0.39 is 36.4 Å². The largest absolute Gasteiger partial charge is 0.378 e. The molecule has 0 bridgehead atoms. The van der Waals surface area contributed by atoms with Gasteiger partial charge in [0, 0.05) is 19.0 Å². The SMILES string of the molecule is CC(=O)/C(=C/C(=N)c1ncc(F)c(N2CC(F)(F)C2)n1)NCc1ccccc1F. The first-order chi connectivity index (χ1) is 13.7. The molecule has 2 heterocycles. The van der Waals surface area contributed by atoms with Crippen molar-refractivity contribution in [2.75, 3.05) is 18.0 Å². The predicted octanol–water partition coefficient (Wildman–Crippen LogP) is 2.84. The van der Waals surface area contributed by atoms with Crippen LogP contribution in [0.15, 0.2) is 42.2 Å². The molecule has 0 unspecified atom stereocenters. The van der Waals surface area contributed by atoms with E-state index in [1.165, 1.54) is 19.1 Å². The van der Waals surface area contributed by atoms with Gasteiger partial charge in [0.25, 0.3) is 5.92 Å². The number of aromatic nitrogens is 2. The molecule has 0 radical (unpaired) electrons. The summed E-state index contributed by atoms with van der Waals surface area (Å²) < 4.78 is 53.7. The van der Waals surface area contributed by atoms with Crippen molar-refractivity contribution in [1.29, 1.82) is 5.41 Å². The van der Waals surface area contributed by atoms with Crippen LogP contribution in [0.1, 0.15) is 18.3 Å². The molecule has 152 valence electrons. The molecule has 1 aliphatic rings. The first kappa shape index (κ1) is 20.4. The molecule has 29 heavy (non-hydrogen) atoms. The molecular weight excluding hydrogens is 390 g/mol. The van der Waals surface area contributed by atoms with E-state index in [1.54, 1.807) is 12.1 Å². The Morgan fingerprint density at radius 2 is 1.97 bits per heavy atom. The zero-order chi connectivity index (χ0) is 21.2. The Morgan fingerprint density at radius 3 is 2.59 bits per heavy atom. The second kappa shape index (κ2) is 7.98. The van der Waals surface area contributed by atoms with Crippen LogP contribution in [0.25, 0.3) is 0 Å². The lowest BCUT2D eigenvalue weighted by atomic mass is 10.1. The van der Waals surface area contributed by atoms with Crippen molar-refractivity contribution in [2.24, 2.45) is 0 Å². The highest BCUT2D eigenvalue weighted by atomic mass is 19.3. The van der Waals surface area contributed by atoms with E-state index in [0.717, 1.165) is 17.2 Å². The van der Waals surface area contributed by atoms with E-state index in [2.05, 4.69) is 15.3 Å². The molecule has 6 nitrogen and oxygen atoms in total. The summed E-state index contributed by atoms with van der Waals surface area (Å²) in [6, 6.07) is 6.01. The molecule has 2 aromatic rings. The number of allylic oxidation sites excluding steroid dienone is 2. The van der Waals surface area contributed by atoms with Crippen molar-refractivity contribution in [2.45, 2.75) is 19.4 Å². The van der Waals surface area contributed by atoms with Gasteiger partial charge in [-0.15, -0.1) is 0 Å². The van der Waals surface area contributed by atoms with Gasteiger partial charge in [-0.05, 0) is 12.1 Å². The number of halogens is 4. The second-order valence-electron chi connectivity index (χ2n) is 6.55. The zero-order valence-corrected chi connectivity index (χ0v) is 15.3. The lowest BCUT2D eigenvalue weighted by Crippen LogP contribution is -2.57. The molecule has 1 saturated heterocycles. The van der Waals surface area contributed by atoms with Gasteiger partial charge in [-0.3, -0.25) is 10.2 Å². The molecule has 0 atom stereocenters. The molecular formula is C19H17F4N5O. The van der Waals surface area contributed by atoms with E-state index >= 15 is 0 Å². The van der Waals surface area contributed by atoms with Crippen LogP contribution in [0.4, 0.5) is 23.4 Å². The topological polar surface area (TPSA) is 82.0 Å². The fourth-order valence-corrected chi connectivity index (χ4v) is 2.69. The van der Waals surface area contributed by atoms with Crippen molar-refractivity contribution >= 4 is 17.3 Å². The number of Topliss-reactive ketones (excluding diaryl/α,β-unsaturated/α-hetero) is 1. The highest BCUT2D eigenvalue weighted by Crippen LogP contribution is 2.31. The maximum absolute atomic E-state index is 13.9. The number of anilines is 1. The number of carbonyl (C=O) groups is 1. The summed E-state index contributed by atoms with van der Waals surface area (Å²) in [4.78, 5) is 20.4. The molecule has 1 fully saturated rings. The minimum absolute atomic E-state index is 0.00297. The average molecular weight is 407 g/mol. The summed E-state index contributed by atoms with van der Waals surface area (Å²) in [5.41, 5.74) is -0.00168. The van der Waals surface area contributed by atoms with Crippen LogP contribution >= 0.6 is 0 Å². The molecule has 10 heteroatoms. The van der Waals surface area contributed by atoms with Gasteiger partial charge >= 0.3 is 0 Å². The number of hydrogen-bond donors (Lipinski definition) is 2. The molecule has 0 spiro atoms. The second-order valence-corrected chi connectivity index (χ2v) is 6.55. The molecule has 1 aromatic carbocycles. The number of nitrogens with zero attached hydrogens (tertiary/aromatic N) is 3. The number of carbonyl (C=O) groups excluding carboxylic acids is 1. The van der Waals surface area contributed by atoms with Crippen molar-refractivity contribution in [3.8, 4) is 0 Å². The fraction of sp³-hybridized carbons (Fsp3) is 0.263. The molecule has 0 saturated carbocycles. The van der Waals surface area contributed by atoms with Gasteiger partial charge in [0.2, 0.25) is 0 Å². The van der Waals surface area contributed by atoms with Crippen molar-refractivity contribution in [3.63, 3.8) is 0 Å². The Hall–Kier alpha value is -3.30. The van der Waals surface area contributed by atoms with Crippen molar-refractivity contribution in [1.82, 2.24) is 15.3 Å². The predicted molar refractivity (Wildman–Crippen MR) is 98.0 cm³/mol. The third kappa shape index (κ3) is 4.76. The highest BCUT2D eigenvalue weighted by molar-refractivity contribution is 6.09. The molecule has 0 aliphatic carbocycles. The number of alkyl halides is 2. The number of ketones is 1. The first-order valence-corrected chi connectivity index (χ1v) is 8.60. The van der Waals surface area contributed by atoms with Crippen LogP contribution in [0, 0.1) is 17.0 Å². The first-order valence-electron chi connectivity index (χ1n) is 8.60. The van der Waals surface area contributed by atoms with E-state index in [1.807, 2.05) is 0 Å². The maximum Gasteiger partial charge on any atom is 0.282 e. The van der Waals surface area contributed by atoms with Gasteiger partial charge in [0.1, 0.15) is 11.5 Å². The summed E-state index contributed by atoms with van der Waals surface area (Å²) in [7, 11) is 0. The minimum Gasteiger partial charge on any atom is -0.378 e. The van der Waals surface area contributed by atoms with Gasteiger partial charge in [0.05, 0.1) is 25.0 Å². The monoisotopic (exact) mass is 407 g/mol. The van der Waals surface area contributed by atoms with E-state index in [0.29, 0.717) is 5.56 Å². The van der Waals surface area contributed by atoms with Crippen LogP contribution < -0.4 is 10.2 Å². The standard InChI is InChI=1S/C19H17F4N5O/c1-11(29)16(25-7-12-4-2-3-5-13(12)20)6-15(24)17-26-8-14(21)18(27-17)28-9-19(22,23)10-28/h2-6,8,24-25H,7,9-10H2,1H3/b16-6-,24-15?. The molecule has 1 aromatic heterocycles. The molecule has 3 rings (SSSR count). The van der Waals surface area contributed by atoms with Crippen LogP contribution in [0.2, 0.25) is 0 Å². The highest BCUT2D eigenvalue weighted by Gasteiger charge is 2.45. The summed E-state index contributed by atoms with van der Waals surface area (Å²) in [5, 5.41) is 10.8. The third-order valence-electron chi connectivity index (χ3n) is 4.21. The Kier molecular flexibility index (Phi) is 5.62. The van der Waals surface area contributed by atoms with Crippen molar-refractivity contribution < 1.29 is 22.4 Å². The fourth-order valence-electron chi connectivity index (χ4n) is 2.69. The molecule has 2 N–H and O–H groups in total. The number of rotatable bonds is 7. The Balaban J connectivity index is 1.77. The van der Waals surface area contributed by atoms with Crippen LogP contribution in [0.5, 0.6) is 0 Å². The van der Waals surface area contributed by atoms with Crippen LogP contribution in [-0.2, 0) is 11.3 Å². The number of hydrogen-bond acceptors (Lipinski definition) is 6. The van der Waals surface area contributed by atoms with E-state index in [-0.39, 0.29) is 29.6 Å². The normalized spacial score (nSPS) is 15.6. The number of benzene rings is 1. The van der Waals surface area contributed by atoms with Gasteiger partial charge in [-0.1, -0.05) is 18.2 Å². The maximum atomic E-state index is 13.9. The average Bonchev–Trinajstić information content (AvgIpc) is 2.64. The molecule has 1 aliphatic heterocycles. The van der Waals surface area contributed by atoms with Gasteiger partial charge in [0.15, 0.2) is 23.2 Å². The van der Waals surface area contributed by atoms with Crippen molar-refractivity contribution in [3.05, 3.63) is 65.3 Å². The minimum atomic E-state index is -2.91.